The zero-order chi connectivity index (χ0) is 16.5. The molecule has 5 heteroatoms. The third kappa shape index (κ3) is 6.08. The van der Waals surface area contributed by atoms with Crippen LogP contribution in [0, 0.1) is 0 Å². The number of nitrogens with zero attached hydrogens (tertiary/aromatic N) is 1. The second-order valence-corrected chi connectivity index (χ2v) is 5.65. The van der Waals surface area contributed by atoms with E-state index in [-0.39, 0.29) is 5.91 Å². The van der Waals surface area contributed by atoms with Crippen molar-refractivity contribution in [3.05, 3.63) is 70.7 Å². The van der Waals surface area contributed by atoms with E-state index < -0.39 is 6.10 Å². The van der Waals surface area contributed by atoms with Crippen molar-refractivity contribution in [3.8, 4) is 5.75 Å². The lowest BCUT2D eigenvalue weighted by Gasteiger charge is -2.12. The van der Waals surface area contributed by atoms with Crippen molar-refractivity contribution in [2.45, 2.75) is 13.0 Å². The number of hydrogen-bond acceptors (Lipinski definition) is 3. The highest BCUT2D eigenvalue weighted by Gasteiger charge is 2.13. The van der Waals surface area contributed by atoms with E-state index in [0.29, 0.717) is 5.75 Å². The monoisotopic (exact) mass is 372 g/mol. The number of hydrogen-bond donors (Lipinski definition) is 1. The Kier molecular flexibility index (Phi) is 6.56. The van der Waals surface area contributed by atoms with Gasteiger partial charge in [-0.15, -0.1) is 0 Å². The average Bonchev–Trinajstić information content (AvgIpc) is 2.57. The summed E-state index contributed by atoms with van der Waals surface area (Å²) in [6, 6.07) is 17.1. The molecule has 2 aromatic carbocycles. The first-order chi connectivity index (χ1) is 11.1. The minimum Gasteiger partial charge on any atom is -0.481 e. The van der Waals surface area contributed by atoms with E-state index in [2.05, 4.69) is 26.5 Å². The summed E-state index contributed by atoms with van der Waals surface area (Å²) in [6.07, 6.45) is 4.55. The molecule has 1 atom stereocenters. The Morgan fingerprint density at radius 1 is 1.17 bits per heavy atom. The molecule has 1 amide bonds. The summed E-state index contributed by atoms with van der Waals surface area (Å²) in [4.78, 5) is 11.9. The zero-order valence-electron chi connectivity index (χ0n) is 12.6. The lowest BCUT2D eigenvalue weighted by molar-refractivity contribution is -0.127. The SMILES string of the molecule is C[C@@H](Oc1ccc(Br)cc1)C(=O)N/N=C\C=C\c1ccccc1. The molecule has 2 aromatic rings. The molecule has 0 unspecified atom stereocenters. The van der Waals surface area contributed by atoms with Gasteiger partial charge < -0.3 is 4.74 Å². The molecule has 0 aromatic heterocycles. The molecule has 1 N–H and O–H groups in total. The molecule has 2 rings (SSSR count). The molecule has 0 aliphatic rings. The first kappa shape index (κ1) is 17.0. The molecule has 0 saturated carbocycles. The third-order valence-electron chi connectivity index (χ3n) is 2.92. The number of allylic oxidation sites excluding steroid dienone is 1. The topological polar surface area (TPSA) is 50.7 Å². The maximum Gasteiger partial charge on any atom is 0.280 e. The van der Waals surface area contributed by atoms with E-state index in [4.69, 9.17) is 4.74 Å². The van der Waals surface area contributed by atoms with Crippen LogP contribution < -0.4 is 10.2 Å². The Morgan fingerprint density at radius 2 is 1.87 bits per heavy atom. The highest BCUT2D eigenvalue weighted by atomic mass is 79.9. The van der Waals surface area contributed by atoms with E-state index >= 15 is 0 Å². The highest BCUT2D eigenvalue weighted by Crippen LogP contribution is 2.17. The van der Waals surface area contributed by atoms with Crippen LogP contribution in [0.3, 0.4) is 0 Å². The van der Waals surface area contributed by atoms with Gasteiger partial charge in [-0.1, -0.05) is 52.3 Å². The van der Waals surface area contributed by atoms with E-state index in [1.807, 2.05) is 48.5 Å². The van der Waals surface area contributed by atoms with Crippen LogP contribution in [0.4, 0.5) is 0 Å². The predicted octanol–water partition coefficient (Wildman–Crippen LogP) is 4.03. The third-order valence-corrected chi connectivity index (χ3v) is 3.45. The van der Waals surface area contributed by atoms with E-state index in [1.165, 1.54) is 6.21 Å². The Hall–Kier alpha value is -2.40. The number of rotatable bonds is 6. The minimum atomic E-state index is -0.633. The number of nitrogens with one attached hydrogen (secondary N) is 1. The summed E-state index contributed by atoms with van der Waals surface area (Å²) in [7, 11) is 0. The molecule has 0 saturated heterocycles. The van der Waals surface area contributed by atoms with Crippen molar-refractivity contribution < 1.29 is 9.53 Å². The van der Waals surface area contributed by atoms with Gasteiger partial charge >= 0.3 is 0 Å². The van der Waals surface area contributed by atoms with Crippen molar-refractivity contribution in [1.29, 1.82) is 0 Å². The van der Waals surface area contributed by atoms with Gasteiger partial charge in [0.05, 0.1) is 0 Å². The summed E-state index contributed by atoms with van der Waals surface area (Å²) >= 11 is 3.35. The van der Waals surface area contributed by atoms with E-state index in [9.17, 15) is 4.79 Å². The van der Waals surface area contributed by atoms with Crippen LogP contribution in [0.1, 0.15) is 12.5 Å². The molecule has 118 valence electrons. The fraction of sp³-hybridized carbons (Fsp3) is 0.111. The van der Waals surface area contributed by atoms with Gasteiger partial charge in [-0.3, -0.25) is 4.79 Å². The summed E-state index contributed by atoms with van der Waals surface area (Å²) in [5, 5.41) is 3.86. The van der Waals surface area contributed by atoms with Crippen molar-refractivity contribution in [2.75, 3.05) is 0 Å². The molecule has 0 spiro atoms. The van der Waals surface area contributed by atoms with Crippen LogP contribution >= 0.6 is 15.9 Å². The Bertz CT molecular complexity index is 682. The molecule has 0 aliphatic carbocycles. The molecule has 0 aliphatic heterocycles. The normalized spacial score (nSPS) is 12.4. The van der Waals surface area contributed by atoms with Crippen molar-refractivity contribution in [1.82, 2.24) is 5.43 Å². The quantitative estimate of drug-likeness (QED) is 0.614. The number of amides is 1. The number of hydrazone groups is 1. The molecule has 0 heterocycles. The molecule has 0 bridgehead atoms. The maximum atomic E-state index is 11.9. The van der Waals surface area contributed by atoms with Crippen LogP contribution in [0.25, 0.3) is 6.08 Å². The van der Waals surface area contributed by atoms with Gasteiger partial charge in [-0.25, -0.2) is 5.43 Å². The molecule has 0 fully saturated rings. The largest absolute Gasteiger partial charge is 0.481 e. The van der Waals surface area contributed by atoms with Gasteiger partial charge in [-0.05, 0) is 42.8 Å². The lowest BCUT2D eigenvalue weighted by Crippen LogP contribution is -2.33. The fourth-order valence-corrected chi connectivity index (χ4v) is 1.99. The smallest absolute Gasteiger partial charge is 0.280 e. The fourth-order valence-electron chi connectivity index (χ4n) is 1.72. The standard InChI is InChI=1S/C18H17BrN2O2/c1-14(23-17-11-9-16(19)10-12-17)18(22)21-20-13-5-8-15-6-3-2-4-7-15/h2-14H,1H3,(H,21,22)/b8-5+,20-13-/t14-/m1/s1. The Labute approximate surface area is 144 Å². The minimum absolute atomic E-state index is 0.308. The first-order valence-electron chi connectivity index (χ1n) is 7.12. The van der Waals surface area contributed by atoms with Gasteiger partial charge in [0.25, 0.3) is 5.91 Å². The second kappa shape index (κ2) is 8.90. The summed E-state index contributed by atoms with van der Waals surface area (Å²) in [5.74, 6) is 0.320. The Balaban J connectivity index is 1.78. The van der Waals surface area contributed by atoms with Gasteiger partial charge in [0, 0.05) is 10.7 Å². The second-order valence-electron chi connectivity index (χ2n) is 4.74. The van der Waals surface area contributed by atoms with Crippen molar-refractivity contribution >= 4 is 34.1 Å². The molecule has 0 radical (unpaired) electrons. The first-order valence-corrected chi connectivity index (χ1v) is 7.91. The maximum absolute atomic E-state index is 11.9. The number of benzene rings is 2. The van der Waals surface area contributed by atoms with Crippen molar-refractivity contribution in [2.24, 2.45) is 5.10 Å². The molecule has 4 nitrogen and oxygen atoms in total. The lowest BCUT2D eigenvalue weighted by atomic mass is 10.2. The highest BCUT2D eigenvalue weighted by molar-refractivity contribution is 9.10. The Morgan fingerprint density at radius 3 is 2.57 bits per heavy atom. The number of carbonyl (C=O) groups is 1. The van der Waals surface area contributed by atoms with Gasteiger partial charge in [-0.2, -0.15) is 5.10 Å². The summed E-state index contributed by atoms with van der Waals surface area (Å²) in [5.41, 5.74) is 3.51. The number of ether oxygens (including phenoxy) is 1. The molecular formula is C18H17BrN2O2. The van der Waals surface area contributed by atoms with Crippen LogP contribution in [0.5, 0.6) is 5.75 Å². The molecule has 23 heavy (non-hydrogen) atoms. The summed E-state index contributed by atoms with van der Waals surface area (Å²) < 4.78 is 6.49. The van der Waals surface area contributed by atoms with Crippen molar-refractivity contribution in [3.63, 3.8) is 0 Å². The molecular weight excluding hydrogens is 356 g/mol. The zero-order valence-corrected chi connectivity index (χ0v) is 14.2. The predicted molar refractivity (Wildman–Crippen MR) is 96.3 cm³/mol. The van der Waals surface area contributed by atoms with E-state index in [1.54, 1.807) is 25.1 Å². The van der Waals surface area contributed by atoms with E-state index in [0.717, 1.165) is 10.0 Å². The van der Waals surface area contributed by atoms with Crippen LogP contribution in [0.15, 0.2) is 70.2 Å². The average molecular weight is 373 g/mol. The van der Waals surface area contributed by atoms with Gasteiger partial charge in [0.2, 0.25) is 0 Å². The van der Waals surface area contributed by atoms with Crippen LogP contribution in [0.2, 0.25) is 0 Å². The van der Waals surface area contributed by atoms with Crippen LogP contribution in [-0.2, 0) is 4.79 Å². The van der Waals surface area contributed by atoms with Gasteiger partial charge in [0.1, 0.15) is 5.75 Å². The number of halogens is 1. The summed E-state index contributed by atoms with van der Waals surface area (Å²) in [6.45, 7) is 1.67. The number of carbonyl (C=O) groups excluding carboxylic acids is 1. The van der Waals surface area contributed by atoms with Gasteiger partial charge in [0.15, 0.2) is 6.10 Å². The van der Waals surface area contributed by atoms with Crippen LogP contribution in [-0.4, -0.2) is 18.2 Å².